The number of primary amides is 1. The normalized spacial score (nSPS) is 13.1. The molecule has 3 aromatic carbocycles. The number of aromatic nitrogens is 3. The molecule has 1 aliphatic rings. The molecule has 0 bridgehead atoms. The maximum absolute atomic E-state index is 13.0. The Hall–Kier alpha value is -4.43. The molecule has 37 heavy (non-hydrogen) atoms. The molecule has 2 aromatic heterocycles. The highest BCUT2D eigenvalue weighted by atomic mass is 35.5. The molecule has 8 nitrogen and oxygen atoms in total. The molecule has 1 saturated carbocycles. The third-order valence-corrected chi connectivity index (χ3v) is 6.59. The molecular weight excluding hydrogens is 492 g/mol. The molecule has 0 aliphatic heterocycles. The van der Waals surface area contributed by atoms with Crippen LogP contribution in [0.4, 0.5) is 0 Å². The number of H-pyrrole nitrogens is 1. The van der Waals surface area contributed by atoms with E-state index in [2.05, 4.69) is 15.2 Å². The van der Waals surface area contributed by atoms with E-state index in [1.807, 2.05) is 18.2 Å². The van der Waals surface area contributed by atoms with Crippen LogP contribution in [0, 0.1) is 0 Å². The van der Waals surface area contributed by atoms with E-state index < -0.39 is 5.91 Å². The minimum atomic E-state index is -0.657. The molecule has 6 rings (SSSR count). The van der Waals surface area contributed by atoms with Gasteiger partial charge < -0.3 is 20.2 Å². The number of nitrogens with zero attached hydrogens (tertiary/aromatic N) is 2. The second kappa shape index (κ2) is 9.22. The molecule has 1 amide bonds. The van der Waals surface area contributed by atoms with Crippen molar-refractivity contribution in [2.75, 3.05) is 6.61 Å². The van der Waals surface area contributed by atoms with E-state index >= 15 is 0 Å². The summed E-state index contributed by atoms with van der Waals surface area (Å²) in [7, 11) is 0. The smallest absolute Gasteiger partial charge is 0.252 e. The van der Waals surface area contributed by atoms with Crippen LogP contribution in [0.15, 0.2) is 66.9 Å². The lowest BCUT2D eigenvalue weighted by Gasteiger charge is -2.11. The molecule has 3 N–H and O–H groups in total. The Morgan fingerprint density at radius 1 is 0.973 bits per heavy atom. The summed E-state index contributed by atoms with van der Waals surface area (Å²) < 4.78 is 11.6. The molecule has 1 fully saturated rings. The van der Waals surface area contributed by atoms with E-state index in [0.29, 0.717) is 28.1 Å². The molecule has 0 saturated heterocycles. The van der Waals surface area contributed by atoms with E-state index in [9.17, 15) is 9.59 Å². The molecule has 9 heteroatoms. The van der Waals surface area contributed by atoms with E-state index in [1.54, 1.807) is 48.7 Å². The lowest BCUT2D eigenvalue weighted by atomic mass is 10.1. The maximum atomic E-state index is 13.0. The van der Waals surface area contributed by atoms with Crippen LogP contribution in [0.5, 0.6) is 17.4 Å². The number of Topliss-reactive ketones (excluding diaryl/α,β-unsaturated/α-hetero) is 1. The Morgan fingerprint density at radius 2 is 1.84 bits per heavy atom. The fourth-order valence-electron chi connectivity index (χ4n) is 4.28. The molecule has 0 spiro atoms. The van der Waals surface area contributed by atoms with Crippen LogP contribution >= 0.6 is 11.6 Å². The van der Waals surface area contributed by atoms with Gasteiger partial charge in [0.1, 0.15) is 11.5 Å². The minimum absolute atomic E-state index is 0.177. The zero-order chi connectivity index (χ0) is 25.5. The number of nitrogens with one attached hydrogen (secondary N) is 1. The van der Waals surface area contributed by atoms with Crippen LogP contribution in [-0.4, -0.2) is 33.5 Å². The van der Waals surface area contributed by atoms with Crippen molar-refractivity contribution in [2.45, 2.75) is 18.8 Å². The second-order valence-electron chi connectivity index (χ2n) is 9.00. The number of nitrogens with two attached hydrogens (primary N) is 1. The zero-order valence-electron chi connectivity index (χ0n) is 19.5. The first-order valence-corrected chi connectivity index (χ1v) is 12.1. The Morgan fingerprint density at radius 3 is 2.59 bits per heavy atom. The number of benzene rings is 3. The number of ketones is 1. The van der Waals surface area contributed by atoms with Crippen molar-refractivity contribution in [3.8, 4) is 17.4 Å². The van der Waals surface area contributed by atoms with Crippen LogP contribution in [0.25, 0.3) is 21.7 Å². The first-order valence-electron chi connectivity index (χ1n) is 11.8. The first kappa shape index (κ1) is 23.0. The number of carbonyl (C=O) groups is 2. The second-order valence-corrected chi connectivity index (χ2v) is 9.43. The molecule has 5 aromatic rings. The Bertz CT molecular complexity index is 1680. The molecule has 0 atom stereocenters. The number of ether oxygens (including phenoxy) is 2. The van der Waals surface area contributed by atoms with Gasteiger partial charge in [0, 0.05) is 45.7 Å². The molecule has 1 aliphatic carbocycles. The standard InChI is InChI=1S/C28H21ClN4O4/c29-18-4-3-16-11-26(21(28(30)35)10-17(16)9-18)36-14-25(34)22-13-31-24-12-19(5-6-20(22)24)37-27-8-7-23(32-33-27)15-1-2-15/h3-13,15,31H,1-2,14H2,(H2,30,35). The fraction of sp³-hybridized carbons (Fsp3) is 0.143. The van der Waals surface area contributed by atoms with Crippen LogP contribution in [-0.2, 0) is 0 Å². The van der Waals surface area contributed by atoms with E-state index in [1.165, 1.54) is 0 Å². The van der Waals surface area contributed by atoms with Crippen molar-refractivity contribution in [1.82, 2.24) is 15.2 Å². The number of carbonyl (C=O) groups excluding carboxylic acids is 2. The first-order chi connectivity index (χ1) is 17.9. The van der Waals surface area contributed by atoms with Gasteiger partial charge in [-0.1, -0.05) is 17.7 Å². The number of fused-ring (bicyclic) bond motifs is 2. The summed E-state index contributed by atoms with van der Waals surface area (Å²) in [6.45, 7) is -0.270. The summed E-state index contributed by atoms with van der Waals surface area (Å²) in [4.78, 5) is 28.1. The Labute approximate surface area is 216 Å². The molecule has 2 heterocycles. The topological polar surface area (TPSA) is 120 Å². The van der Waals surface area contributed by atoms with Gasteiger partial charge in [-0.25, -0.2) is 0 Å². The quantitative estimate of drug-likeness (QED) is 0.254. The highest BCUT2D eigenvalue weighted by Gasteiger charge is 2.25. The third-order valence-electron chi connectivity index (χ3n) is 6.36. The number of halogens is 1. The lowest BCUT2D eigenvalue weighted by molar-refractivity contribution is 0.0914. The largest absolute Gasteiger partial charge is 0.485 e. The van der Waals surface area contributed by atoms with Crippen molar-refractivity contribution in [1.29, 1.82) is 0 Å². The van der Waals surface area contributed by atoms with Gasteiger partial charge in [0.05, 0.1) is 11.3 Å². The van der Waals surface area contributed by atoms with E-state index in [-0.39, 0.29) is 23.7 Å². The van der Waals surface area contributed by atoms with Gasteiger partial charge in [0.15, 0.2) is 6.61 Å². The summed E-state index contributed by atoms with van der Waals surface area (Å²) in [6, 6.07) is 17.7. The summed E-state index contributed by atoms with van der Waals surface area (Å²) in [5.74, 6) is 0.826. The predicted molar refractivity (Wildman–Crippen MR) is 140 cm³/mol. The van der Waals surface area contributed by atoms with Gasteiger partial charge in [0.25, 0.3) is 5.91 Å². The summed E-state index contributed by atoms with van der Waals surface area (Å²) in [5, 5.41) is 11.2. The van der Waals surface area contributed by atoms with Gasteiger partial charge in [-0.15, -0.1) is 5.10 Å². The summed E-state index contributed by atoms with van der Waals surface area (Å²) in [5.41, 5.74) is 7.91. The highest BCUT2D eigenvalue weighted by Crippen LogP contribution is 2.39. The average molecular weight is 513 g/mol. The van der Waals surface area contributed by atoms with E-state index in [0.717, 1.165) is 40.2 Å². The van der Waals surface area contributed by atoms with Crippen LogP contribution < -0.4 is 15.2 Å². The number of rotatable bonds is 8. The van der Waals surface area contributed by atoms with Crippen molar-refractivity contribution in [3.05, 3.63) is 88.7 Å². The number of aromatic amines is 1. The van der Waals surface area contributed by atoms with Gasteiger partial charge in [-0.05, 0) is 66.1 Å². The van der Waals surface area contributed by atoms with Crippen LogP contribution in [0.2, 0.25) is 5.02 Å². The van der Waals surface area contributed by atoms with Gasteiger partial charge in [-0.3, -0.25) is 9.59 Å². The molecular formula is C28H21ClN4O4. The predicted octanol–water partition coefficient (Wildman–Crippen LogP) is 5.79. The average Bonchev–Trinajstić information content (AvgIpc) is 3.66. The fourth-order valence-corrected chi connectivity index (χ4v) is 4.46. The van der Waals surface area contributed by atoms with Crippen molar-refractivity contribution in [3.63, 3.8) is 0 Å². The van der Waals surface area contributed by atoms with Crippen molar-refractivity contribution in [2.24, 2.45) is 5.73 Å². The maximum Gasteiger partial charge on any atom is 0.252 e. The number of hydrogen-bond donors (Lipinski definition) is 2. The Balaban J connectivity index is 1.19. The molecule has 184 valence electrons. The Kier molecular flexibility index (Phi) is 5.73. The zero-order valence-corrected chi connectivity index (χ0v) is 20.3. The summed E-state index contributed by atoms with van der Waals surface area (Å²) in [6.07, 6.45) is 3.95. The molecule has 0 unspecified atom stereocenters. The highest BCUT2D eigenvalue weighted by molar-refractivity contribution is 6.31. The van der Waals surface area contributed by atoms with Crippen molar-refractivity contribution >= 4 is 45.0 Å². The number of amides is 1. The van der Waals surface area contributed by atoms with E-state index in [4.69, 9.17) is 26.8 Å². The van der Waals surface area contributed by atoms with Gasteiger partial charge >= 0.3 is 0 Å². The van der Waals surface area contributed by atoms with Gasteiger partial charge in [-0.2, -0.15) is 5.10 Å². The monoisotopic (exact) mass is 512 g/mol. The van der Waals surface area contributed by atoms with Crippen molar-refractivity contribution < 1.29 is 19.1 Å². The summed E-state index contributed by atoms with van der Waals surface area (Å²) >= 11 is 6.06. The van der Waals surface area contributed by atoms with Crippen LogP contribution in [0.1, 0.15) is 45.2 Å². The van der Waals surface area contributed by atoms with Crippen LogP contribution in [0.3, 0.4) is 0 Å². The molecule has 0 radical (unpaired) electrons. The minimum Gasteiger partial charge on any atom is -0.485 e. The SMILES string of the molecule is NC(=O)c1cc2cc(Cl)ccc2cc1OCC(=O)c1c[nH]c2cc(Oc3ccc(C4CC4)nn3)ccc12. The van der Waals surface area contributed by atoms with Gasteiger partial charge in [0.2, 0.25) is 11.7 Å². The third kappa shape index (κ3) is 4.71. The number of hydrogen-bond acceptors (Lipinski definition) is 6. The lowest BCUT2D eigenvalue weighted by Crippen LogP contribution is -2.16.